The molecule has 2 atom stereocenters. The van der Waals surface area contributed by atoms with Gasteiger partial charge in [-0.3, -0.25) is 4.79 Å². The normalized spacial score (nSPS) is 12.9. The molecule has 2 unspecified atom stereocenters. The number of ether oxygens (including phenoxy) is 2. The number of hydrogen-bond acceptors (Lipinski definition) is 4. The molecule has 0 heterocycles. The number of rotatable bonds is 8. The third-order valence-electron chi connectivity index (χ3n) is 3.53. The first kappa shape index (κ1) is 20.6. The molecule has 138 valence electrons. The summed E-state index contributed by atoms with van der Waals surface area (Å²) in [5.41, 5.74) is 2.01. The summed E-state index contributed by atoms with van der Waals surface area (Å²) in [4.78, 5) is 23.6. The van der Waals surface area contributed by atoms with Crippen molar-refractivity contribution in [3.63, 3.8) is 0 Å². The van der Waals surface area contributed by atoms with Crippen LogP contribution >= 0.6 is 31.9 Å². The second kappa shape index (κ2) is 10.4. The Kier molecular flexibility index (Phi) is 8.28. The molecule has 1 amide bonds. The number of esters is 1. The van der Waals surface area contributed by atoms with Crippen molar-refractivity contribution in [2.75, 3.05) is 25.6 Å². The van der Waals surface area contributed by atoms with Gasteiger partial charge in [-0.25, -0.2) is 4.79 Å². The Morgan fingerprint density at radius 1 is 1.00 bits per heavy atom. The lowest BCUT2D eigenvalue weighted by Gasteiger charge is -2.17. The van der Waals surface area contributed by atoms with Gasteiger partial charge in [0.15, 0.2) is 0 Å². The molecule has 0 spiro atoms. The number of halogens is 2. The van der Waals surface area contributed by atoms with E-state index in [9.17, 15) is 9.59 Å². The fourth-order valence-corrected chi connectivity index (χ4v) is 3.11. The SMILES string of the molecule is COCCOC(=O)c1ccc(NC(=O)C(Br)C(Br)c2ccccc2)cc1. The van der Waals surface area contributed by atoms with Crippen molar-refractivity contribution in [3.8, 4) is 0 Å². The lowest BCUT2D eigenvalue weighted by Crippen LogP contribution is -2.26. The molecule has 2 aromatic carbocycles. The molecule has 0 fully saturated rings. The first-order valence-electron chi connectivity index (χ1n) is 7.93. The van der Waals surface area contributed by atoms with Crippen molar-refractivity contribution >= 4 is 49.4 Å². The molecular weight excluding hydrogens is 466 g/mol. The number of anilines is 1. The highest BCUT2D eigenvalue weighted by molar-refractivity contribution is 9.12. The zero-order valence-electron chi connectivity index (χ0n) is 14.2. The molecule has 0 aliphatic carbocycles. The third kappa shape index (κ3) is 5.93. The Bertz CT molecular complexity index is 722. The number of alkyl halides is 2. The summed E-state index contributed by atoms with van der Waals surface area (Å²) in [6.45, 7) is 0.548. The van der Waals surface area contributed by atoms with Gasteiger partial charge in [-0.2, -0.15) is 0 Å². The molecular formula is C19H19Br2NO4. The van der Waals surface area contributed by atoms with Crippen LogP contribution in [0.1, 0.15) is 20.7 Å². The molecule has 0 saturated heterocycles. The largest absolute Gasteiger partial charge is 0.460 e. The highest BCUT2D eigenvalue weighted by Gasteiger charge is 2.25. The van der Waals surface area contributed by atoms with Crippen LogP contribution in [0.4, 0.5) is 5.69 Å². The van der Waals surface area contributed by atoms with Crippen LogP contribution in [0.3, 0.4) is 0 Å². The van der Waals surface area contributed by atoms with Crippen LogP contribution in [0.5, 0.6) is 0 Å². The molecule has 5 nitrogen and oxygen atoms in total. The van der Waals surface area contributed by atoms with E-state index >= 15 is 0 Å². The van der Waals surface area contributed by atoms with Crippen molar-refractivity contribution in [2.24, 2.45) is 0 Å². The molecule has 7 heteroatoms. The molecule has 0 radical (unpaired) electrons. The molecule has 0 bridgehead atoms. The van der Waals surface area contributed by atoms with Crippen LogP contribution in [0.2, 0.25) is 0 Å². The number of amides is 1. The van der Waals surface area contributed by atoms with Gasteiger partial charge in [-0.05, 0) is 29.8 Å². The van der Waals surface area contributed by atoms with Gasteiger partial charge >= 0.3 is 5.97 Å². The molecule has 0 saturated carbocycles. The Hall–Kier alpha value is -1.70. The van der Waals surface area contributed by atoms with Crippen molar-refractivity contribution in [1.29, 1.82) is 0 Å². The predicted molar refractivity (Wildman–Crippen MR) is 108 cm³/mol. The molecule has 2 rings (SSSR count). The summed E-state index contributed by atoms with van der Waals surface area (Å²) in [7, 11) is 1.54. The summed E-state index contributed by atoms with van der Waals surface area (Å²) >= 11 is 6.98. The van der Waals surface area contributed by atoms with Gasteiger partial charge in [-0.1, -0.05) is 62.2 Å². The minimum Gasteiger partial charge on any atom is -0.460 e. The number of hydrogen-bond donors (Lipinski definition) is 1. The maximum absolute atomic E-state index is 12.4. The van der Waals surface area contributed by atoms with Crippen molar-refractivity contribution in [2.45, 2.75) is 9.65 Å². The third-order valence-corrected chi connectivity index (χ3v) is 6.25. The van der Waals surface area contributed by atoms with E-state index in [2.05, 4.69) is 37.2 Å². The minimum atomic E-state index is -0.455. The van der Waals surface area contributed by atoms with Gasteiger partial charge in [0.1, 0.15) is 11.4 Å². The van der Waals surface area contributed by atoms with E-state index in [4.69, 9.17) is 9.47 Å². The Morgan fingerprint density at radius 3 is 2.27 bits per heavy atom. The van der Waals surface area contributed by atoms with Crippen molar-refractivity contribution in [3.05, 3.63) is 65.7 Å². The Balaban J connectivity index is 1.93. The lowest BCUT2D eigenvalue weighted by atomic mass is 10.1. The first-order chi connectivity index (χ1) is 12.5. The van der Waals surface area contributed by atoms with Gasteiger partial charge < -0.3 is 14.8 Å². The lowest BCUT2D eigenvalue weighted by molar-refractivity contribution is -0.115. The maximum atomic E-state index is 12.4. The molecule has 1 N–H and O–H groups in total. The molecule has 0 aliphatic rings. The van der Waals surface area contributed by atoms with Crippen LogP contribution in [-0.4, -0.2) is 37.0 Å². The maximum Gasteiger partial charge on any atom is 0.338 e. The molecule has 0 aromatic heterocycles. The van der Waals surface area contributed by atoms with Crippen LogP contribution < -0.4 is 5.32 Å². The first-order valence-corrected chi connectivity index (χ1v) is 9.76. The quantitative estimate of drug-likeness (QED) is 0.344. The second-order valence-electron chi connectivity index (χ2n) is 5.41. The van der Waals surface area contributed by atoms with E-state index < -0.39 is 10.8 Å². The summed E-state index contributed by atoms with van der Waals surface area (Å²) in [6.07, 6.45) is 0. The average molecular weight is 485 g/mol. The van der Waals surface area contributed by atoms with Crippen molar-refractivity contribution in [1.82, 2.24) is 0 Å². The zero-order chi connectivity index (χ0) is 18.9. The standard InChI is InChI=1S/C19H19Br2NO4/c1-25-11-12-26-19(24)14-7-9-15(10-8-14)22-18(23)17(21)16(20)13-5-3-2-4-6-13/h2-10,16-17H,11-12H2,1H3,(H,22,23). The van der Waals surface area contributed by atoms with Gasteiger partial charge in [0.25, 0.3) is 0 Å². The summed E-state index contributed by atoms with van der Waals surface area (Å²) in [6, 6.07) is 16.2. The van der Waals surface area contributed by atoms with Gasteiger partial charge in [0, 0.05) is 12.8 Å². The predicted octanol–water partition coefficient (Wildman–Crippen LogP) is 4.33. The zero-order valence-corrected chi connectivity index (χ0v) is 17.3. The van der Waals surface area contributed by atoms with E-state index in [1.807, 2.05) is 30.3 Å². The summed E-state index contributed by atoms with van der Waals surface area (Å²) in [5, 5.41) is 2.82. The number of carbonyl (C=O) groups is 2. The fraction of sp³-hybridized carbons (Fsp3) is 0.263. The van der Waals surface area contributed by atoms with Crippen LogP contribution in [-0.2, 0) is 14.3 Å². The van der Waals surface area contributed by atoms with E-state index in [-0.39, 0.29) is 17.3 Å². The Morgan fingerprint density at radius 2 is 1.65 bits per heavy atom. The fourth-order valence-electron chi connectivity index (χ4n) is 2.14. The molecule has 2 aromatic rings. The second-order valence-corrected chi connectivity index (χ2v) is 7.38. The van der Waals surface area contributed by atoms with E-state index in [0.717, 1.165) is 5.56 Å². The van der Waals surface area contributed by atoms with Gasteiger partial charge in [0.2, 0.25) is 5.91 Å². The highest BCUT2D eigenvalue weighted by Crippen LogP contribution is 2.31. The minimum absolute atomic E-state index is 0.168. The number of nitrogens with one attached hydrogen (secondary N) is 1. The van der Waals surface area contributed by atoms with E-state index in [1.165, 1.54) is 7.11 Å². The van der Waals surface area contributed by atoms with Crippen molar-refractivity contribution < 1.29 is 19.1 Å². The van der Waals surface area contributed by atoms with Crippen LogP contribution in [0, 0.1) is 0 Å². The summed E-state index contributed by atoms with van der Waals surface area (Å²) in [5.74, 6) is -0.617. The summed E-state index contributed by atoms with van der Waals surface area (Å²) < 4.78 is 9.87. The van der Waals surface area contributed by atoms with Crippen LogP contribution in [0.15, 0.2) is 54.6 Å². The van der Waals surface area contributed by atoms with E-state index in [1.54, 1.807) is 24.3 Å². The van der Waals surface area contributed by atoms with Crippen LogP contribution in [0.25, 0.3) is 0 Å². The smallest absolute Gasteiger partial charge is 0.338 e. The number of carbonyl (C=O) groups excluding carboxylic acids is 2. The monoisotopic (exact) mass is 483 g/mol. The van der Waals surface area contributed by atoms with E-state index in [0.29, 0.717) is 17.9 Å². The number of methoxy groups -OCH3 is 1. The van der Waals surface area contributed by atoms with Gasteiger partial charge in [0.05, 0.1) is 17.0 Å². The van der Waals surface area contributed by atoms with Gasteiger partial charge in [-0.15, -0.1) is 0 Å². The molecule has 0 aliphatic heterocycles. The average Bonchev–Trinajstić information content (AvgIpc) is 2.68. The highest BCUT2D eigenvalue weighted by atomic mass is 79.9. The number of benzene rings is 2. The molecule has 26 heavy (non-hydrogen) atoms. The topological polar surface area (TPSA) is 64.6 Å². The Labute approximate surface area is 169 Å².